The fraction of sp³-hybridized carbons (Fsp3) is 0.409. The highest BCUT2D eigenvalue weighted by Gasteiger charge is 2.32. The Morgan fingerprint density at radius 3 is 2.23 bits per heavy atom. The molecule has 0 atom stereocenters. The van der Waals surface area contributed by atoms with Gasteiger partial charge >= 0.3 is 0 Å². The van der Waals surface area contributed by atoms with Crippen LogP contribution in [-0.2, 0) is 10.0 Å². The molecule has 2 heterocycles. The zero-order chi connectivity index (χ0) is 21.9. The number of aromatic nitrogens is 1. The molecule has 0 bridgehead atoms. The van der Waals surface area contributed by atoms with E-state index in [1.54, 1.807) is 16.8 Å². The second kappa shape index (κ2) is 9.06. The van der Waals surface area contributed by atoms with E-state index in [-0.39, 0.29) is 41.6 Å². The summed E-state index contributed by atoms with van der Waals surface area (Å²) in [4.78, 5) is 29.1. The summed E-state index contributed by atoms with van der Waals surface area (Å²) < 4.78 is 28.8. The van der Waals surface area contributed by atoms with Crippen LogP contribution in [-0.4, -0.2) is 48.1 Å². The van der Waals surface area contributed by atoms with Gasteiger partial charge in [0.25, 0.3) is 0 Å². The van der Waals surface area contributed by atoms with Crippen molar-refractivity contribution in [3.8, 4) is 0 Å². The number of hydrogen-bond acceptors (Lipinski definition) is 5. The van der Waals surface area contributed by atoms with Crippen LogP contribution in [0.4, 0.5) is 0 Å². The Labute approximate surface area is 177 Å². The molecule has 8 heteroatoms. The molecule has 1 aliphatic rings. The van der Waals surface area contributed by atoms with Crippen molar-refractivity contribution in [3.63, 3.8) is 0 Å². The second-order valence-electron chi connectivity index (χ2n) is 7.75. The van der Waals surface area contributed by atoms with Crippen LogP contribution in [0.5, 0.6) is 0 Å². The summed E-state index contributed by atoms with van der Waals surface area (Å²) in [5, 5.41) is 0. The molecule has 1 aliphatic heterocycles. The van der Waals surface area contributed by atoms with Gasteiger partial charge < -0.3 is 0 Å². The SMILES string of the molecule is CC(=O)c1ccc(S(=O)(=O)N2CCC(C(=O)n3ccccc3=NC(C)C)CC2)cc1. The zero-order valence-corrected chi connectivity index (χ0v) is 18.3. The molecule has 1 aromatic carbocycles. The number of rotatable bonds is 5. The Hall–Kier alpha value is -2.58. The molecule has 0 saturated carbocycles. The van der Waals surface area contributed by atoms with Crippen molar-refractivity contribution in [1.29, 1.82) is 0 Å². The molecule has 1 aromatic heterocycles. The number of Topliss-reactive ketones (excluding diaryl/α,β-unsaturated/α-hetero) is 1. The van der Waals surface area contributed by atoms with E-state index in [1.807, 2.05) is 26.0 Å². The molecule has 1 saturated heterocycles. The van der Waals surface area contributed by atoms with Gasteiger partial charge in [0.2, 0.25) is 15.9 Å². The van der Waals surface area contributed by atoms with Crippen LogP contribution in [0.1, 0.15) is 48.8 Å². The number of benzene rings is 1. The maximum absolute atomic E-state index is 13.0. The maximum atomic E-state index is 13.0. The number of sulfonamides is 1. The highest BCUT2D eigenvalue weighted by molar-refractivity contribution is 7.89. The van der Waals surface area contributed by atoms with Crippen LogP contribution in [0.2, 0.25) is 0 Å². The Morgan fingerprint density at radius 2 is 1.67 bits per heavy atom. The van der Waals surface area contributed by atoms with Crippen molar-refractivity contribution in [2.24, 2.45) is 10.9 Å². The number of ketones is 1. The molecule has 2 aromatic rings. The summed E-state index contributed by atoms with van der Waals surface area (Å²) in [6.45, 7) is 5.90. The lowest BCUT2D eigenvalue weighted by Gasteiger charge is -2.30. The Kier molecular flexibility index (Phi) is 6.67. The molecule has 3 rings (SSSR count). The molecule has 0 spiro atoms. The van der Waals surface area contributed by atoms with Crippen LogP contribution in [0.25, 0.3) is 0 Å². The van der Waals surface area contributed by atoms with Crippen molar-refractivity contribution in [3.05, 3.63) is 59.7 Å². The minimum Gasteiger partial charge on any atom is -0.295 e. The molecular formula is C22H27N3O4S. The van der Waals surface area contributed by atoms with Gasteiger partial charge in [0.05, 0.1) is 4.90 Å². The highest BCUT2D eigenvalue weighted by Crippen LogP contribution is 2.25. The molecule has 0 amide bonds. The van der Waals surface area contributed by atoms with Crippen molar-refractivity contribution in [2.45, 2.75) is 44.6 Å². The van der Waals surface area contributed by atoms with Gasteiger partial charge in [-0.1, -0.05) is 18.2 Å². The van der Waals surface area contributed by atoms with Gasteiger partial charge in [-0.3, -0.25) is 19.1 Å². The lowest BCUT2D eigenvalue weighted by Crippen LogP contribution is -2.42. The Morgan fingerprint density at radius 1 is 1.03 bits per heavy atom. The van der Waals surface area contributed by atoms with E-state index in [1.165, 1.54) is 35.5 Å². The van der Waals surface area contributed by atoms with Gasteiger partial charge in [-0.15, -0.1) is 0 Å². The first-order valence-electron chi connectivity index (χ1n) is 10.1. The summed E-state index contributed by atoms with van der Waals surface area (Å²) in [6.07, 6.45) is 2.61. The van der Waals surface area contributed by atoms with Gasteiger partial charge in [-0.2, -0.15) is 4.31 Å². The average molecular weight is 430 g/mol. The van der Waals surface area contributed by atoms with E-state index < -0.39 is 10.0 Å². The minimum absolute atomic E-state index is 0.0575. The standard InChI is InChI=1S/C22H27N3O4S/c1-16(2)23-21-6-4-5-13-25(21)22(27)19-11-14-24(15-12-19)30(28,29)20-9-7-18(8-10-20)17(3)26/h4-10,13,16,19H,11-12,14-15H2,1-3H3. The lowest BCUT2D eigenvalue weighted by molar-refractivity contribution is 0.0780. The van der Waals surface area contributed by atoms with Crippen molar-refractivity contribution < 1.29 is 18.0 Å². The zero-order valence-electron chi connectivity index (χ0n) is 17.5. The fourth-order valence-corrected chi connectivity index (χ4v) is 5.01. The van der Waals surface area contributed by atoms with Gasteiger partial charge in [0, 0.05) is 36.8 Å². The van der Waals surface area contributed by atoms with E-state index in [0.717, 1.165) is 0 Å². The largest absolute Gasteiger partial charge is 0.295 e. The van der Waals surface area contributed by atoms with Gasteiger partial charge in [0.1, 0.15) is 5.49 Å². The van der Waals surface area contributed by atoms with Gasteiger partial charge in [-0.25, -0.2) is 8.42 Å². The first-order valence-corrected chi connectivity index (χ1v) is 11.5. The number of carbonyl (C=O) groups is 2. The van der Waals surface area contributed by atoms with Crippen molar-refractivity contribution in [2.75, 3.05) is 13.1 Å². The topological polar surface area (TPSA) is 88.8 Å². The van der Waals surface area contributed by atoms with E-state index in [0.29, 0.717) is 23.9 Å². The summed E-state index contributed by atoms with van der Waals surface area (Å²) >= 11 is 0. The fourth-order valence-electron chi connectivity index (χ4n) is 3.54. The average Bonchev–Trinajstić information content (AvgIpc) is 2.73. The minimum atomic E-state index is -3.66. The van der Waals surface area contributed by atoms with E-state index in [2.05, 4.69) is 4.99 Å². The third kappa shape index (κ3) is 4.76. The molecule has 0 N–H and O–H groups in total. The van der Waals surface area contributed by atoms with Gasteiger partial charge in [-0.05, 0) is 57.9 Å². The first kappa shape index (κ1) is 22.1. The van der Waals surface area contributed by atoms with Gasteiger partial charge in [0.15, 0.2) is 5.78 Å². The number of piperidine rings is 1. The lowest BCUT2D eigenvalue weighted by atomic mass is 9.97. The van der Waals surface area contributed by atoms with Crippen LogP contribution < -0.4 is 5.49 Å². The first-order chi connectivity index (χ1) is 14.2. The summed E-state index contributed by atoms with van der Waals surface area (Å²) in [6, 6.07) is 11.5. The van der Waals surface area contributed by atoms with E-state index in [4.69, 9.17) is 0 Å². The second-order valence-corrected chi connectivity index (χ2v) is 9.69. The monoisotopic (exact) mass is 429 g/mol. The molecular weight excluding hydrogens is 402 g/mol. The summed E-state index contributed by atoms with van der Waals surface area (Å²) in [7, 11) is -3.66. The molecule has 1 fully saturated rings. The van der Waals surface area contributed by atoms with Crippen LogP contribution in [0, 0.1) is 5.92 Å². The number of carbonyl (C=O) groups excluding carboxylic acids is 2. The van der Waals surface area contributed by atoms with Crippen molar-refractivity contribution >= 4 is 21.7 Å². The van der Waals surface area contributed by atoms with Crippen LogP contribution >= 0.6 is 0 Å². The van der Waals surface area contributed by atoms with E-state index >= 15 is 0 Å². The highest BCUT2D eigenvalue weighted by atomic mass is 32.2. The molecule has 0 radical (unpaired) electrons. The normalized spacial score (nSPS) is 16.7. The van der Waals surface area contributed by atoms with Crippen LogP contribution in [0.3, 0.4) is 0 Å². The molecule has 0 aliphatic carbocycles. The number of hydrogen-bond donors (Lipinski definition) is 0. The smallest absolute Gasteiger partial charge is 0.243 e. The maximum Gasteiger partial charge on any atom is 0.243 e. The molecule has 0 unspecified atom stereocenters. The summed E-state index contributed by atoms with van der Waals surface area (Å²) in [5.41, 5.74) is 1.08. The third-order valence-electron chi connectivity index (χ3n) is 5.17. The molecule has 7 nitrogen and oxygen atoms in total. The Balaban J connectivity index is 1.73. The third-order valence-corrected chi connectivity index (χ3v) is 7.08. The Bertz CT molecular complexity index is 1090. The quantitative estimate of drug-likeness (QED) is 0.684. The predicted molar refractivity (Wildman–Crippen MR) is 114 cm³/mol. The molecule has 30 heavy (non-hydrogen) atoms. The van der Waals surface area contributed by atoms with Crippen molar-refractivity contribution in [1.82, 2.24) is 8.87 Å². The number of pyridine rings is 1. The summed E-state index contributed by atoms with van der Waals surface area (Å²) in [5.74, 6) is -0.428. The van der Waals surface area contributed by atoms with E-state index in [9.17, 15) is 18.0 Å². The van der Waals surface area contributed by atoms with Crippen LogP contribution in [0.15, 0.2) is 58.5 Å². The number of nitrogens with zero attached hydrogens (tertiary/aromatic N) is 3. The predicted octanol–water partition coefficient (Wildman–Crippen LogP) is 2.74. The molecule has 160 valence electrons.